The van der Waals surface area contributed by atoms with Crippen LogP contribution < -0.4 is 25.6 Å². The van der Waals surface area contributed by atoms with Crippen molar-refractivity contribution in [2.45, 2.75) is 6.92 Å². The highest BCUT2D eigenvalue weighted by Crippen LogP contribution is 2.22. The van der Waals surface area contributed by atoms with Crippen molar-refractivity contribution in [3.05, 3.63) is 90.7 Å². The second kappa shape index (κ2) is 11.3. The molecule has 2 aromatic carbocycles. The minimum Gasteiger partial charge on any atom is -0.458 e. The summed E-state index contributed by atoms with van der Waals surface area (Å²) >= 11 is 0. The maximum absolute atomic E-state index is 13.0. The van der Waals surface area contributed by atoms with Crippen molar-refractivity contribution in [3.63, 3.8) is 0 Å². The number of rotatable bonds is 7. The summed E-state index contributed by atoms with van der Waals surface area (Å²) in [6.45, 7) is 9.32. The van der Waals surface area contributed by atoms with Crippen LogP contribution in [0.3, 0.4) is 0 Å². The number of fused-ring (bicyclic) bond motifs is 1. The minimum absolute atomic E-state index is 0.365. The molecule has 0 radical (unpaired) electrons. The largest absolute Gasteiger partial charge is 0.458 e. The molecule has 0 spiro atoms. The molecule has 3 aromatic rings. The highest BCUT2D eigenvalue weighted by Gasteiger charge is 2.13. The summed E-state index contributed by atoms with van der Waals surface area (Å²) in [6.07, 6.45) is 6.93. The number of nitrogens with one attached hydrogen (secondary N) is 3. The lowest BCUT2D eigenvalue weighted by Crippen LogP contribution is -2.43. The predicted octanol–water partition coefficient (Wildman–Crippen LogP) is 4.35. The van der Waals surface area contributed by atoms with E-state index in [9.17, 15) is 9.18 Å². The third-order valence-electron chi connectivity index (χ3n) is 5.23. The number of carbonyl (C=O) groups is 1. The van der Waals surface area contributed by atoms with E-state index in [1.54, 1.807) is 31.3 Å². The van der Waals surface area contributed by atoms with Crippen LogP contribution >= 0.6 is 0 Å². The summed E-state index contributed by atoms with van der Waals surface area (Å²) in [5.41, 5.74) is 2.65. The van der Waals surface area contributed by atoms with Crippen LogP contribution in [0, 0.1) is 5.82 Å². The van der Waals surface area contributed by atoms with Gasteiger partial charge in [-0.2, -0.15) is 0 Å². The first-order chi connectivity index (χ1) is 17.0. The second-order valence-electron chi connectivity index (χ2n) is 7.98. The average molecular weight is 475 g/mol. The monoisotopic (exact) mass is 474 g/mol. The number of aromatic nitrogens is 2. The Morgan fingerprint density at radius 3 is 2.71 bits per heavy atom. The second-order valence-corrected chi connectivity index (χ2v) is 7.98. The Morgan fingerprint density at radius 1 is 1.17 bits per heavy atom. The molecular formula is C26H27FN6O2. The smallest absolute Gasteiger partial charge is 0.323 e. The summed E-state index contributed by atoms with van der Waals surface area (Å²) in [7, 11) is 0. The van der Waals surface area contributed by atoms with E-state index in [0.29, 0.717) is 22.9 Å². The van der Waals surface area contributed by atoms with E-state index in [2.05, 4.69) is 32.4 Å². The molecule has 1 aromatic heterocycles. The van der Waals surface area contributed by atoms with Crippen molar-refractivity contribution in [2.24, 2.45) is 0 Å². The van der Waals surface area contributed by atoms with Gasteiger partial charge >= 0.3 is 6.03 Å². The fourth-order valence-electron chi connectivity index (χ4n) is 3.49. The Morgan fingerprint density at radius 2 is 1.94 bits per heavy atom. The molecule has 0 atom stereocenters. The number of halogens is 1. The number of amides is 2. The van der Waals surface area contributed by atoms with Crippen LogP contribution in [0.5, 0.6) is 5.75 Å². The van der Waals surface area contributed by atoms with Crippen LogP contribution in [-0.2, 0) is 0 Å². The number of piperazine rings is 1. The fraction of sp³-hybridized carbons (Fsp3) is 0.192. The molecule has 0 saturated carbocycles. The highest BCUT2D eigenvalue weighted by atomic mass is 19.1. The molecule has 1 aliphatic heterocycles. The molecule has 2 heterocycles. The first kappa shape index (κ1) is 23.9. The van der Waals surface area contributed by atoms with E-state index in [4.69, 9.17) is 9.72 Å². The van der Waals surface area contributed by atoms with Crippen molar-refractivity contribution in [1.29, 1.82) is 0 Å². The van der Waals surface area contributed by atoms with Gasteiger partial charge in [0.15, 0.2) is 0 Å². The Balaban J connectivity index is 1.32. The van der Waals surface area contributed by atoms with E-state index in [1.807, 2.05) is 18.2 Å². The lowest BCUT2D eigenvalue weighted by molar-refractivity contribution is 0.254. The van der Waals surface area contributed by atoms with Crippen molar-refractivity contribution in [3.8, 4) is 5.75 Å². The topological polar surface area (TPSA) is 91.4 Å². The van der Waals surface area contributed by atoms with Gasteiger partial charge in [0.1, 0.15) is 23.1 Å². The zero-order valence-corrected chi connectivity index (χ0v) is 19.4. The van der Waals surface area contributed by atoms with E-state index < -0.39 is 6.03 Å². The Bertz CT molecular complexity index is 1270. The number of anilines is 2. The van der Waals surface area contributed by atoms with Gasteiger partial charge < -0.3 is 25.6 Å². The molecule has 0 unspecified atom stereocenters. The van der Waals surface area contributed by atoms with Gasteiger partial charge in [-0.15, -0.1) is 0 Å². The first-order valence-corrected chi connectivity index (χ1v) is 11.2. The van der Waals surface area contributed by atoms with Gasteiger partial charge in [-0.05, 0) is 55.5 Å². The SMILES string of the molecule is C=C(/C=C\C=C(/C)NC(=O)Nc1ccc(F)cc1)Oc1ccc2ncc(N3CCNCC3)nc2c1. The Labute approximate surface area is 203 Å². The van der Waals surface area contributed by atoms with Crippen molar-refractivity contribution < 1.29 is 13.9 Å². The maximum atomic E-state index is 13.0. The first-order valence-electron chi connectivity index (χ1n) is 11.2. The van der Waals surface area contributed by atoms with Crippen molar-refractivity contribution in [2.75, 3.05) is 36.4 Å². The van der Waals surface area contributed by atoms with Gasteiger partial charge in [0.25, 0.3) is 0 Å². The van der Waals surface area contributed by atoms with Gasteiger partial charge in [-0.25, -0.2) is 14.2 Å². The Hall–Kier alpha value is -4.24. The lowest BCUT2D eigenvalue weighted by atomic mass is 10.2. The fourth-order valence-corrected chi connectivity index (χ4v) is 3.49. The molecule has 9 heteroatoms. The van der Waals surface area contributed by atoms with Gasteiger partial charge in [0.2, 0.25) is 0 Å². The summed E-state index contributed by atoms with van der Waals surface area (Å²) in [4.78, 5) is 23.5. The molecule has 4 rings (SSSR count). The molecular weight excluding hydrogens is 447 g/mol. The molecule has 180 valence electrons. The van der Waals surface area contributed by atoms with Crippen LogP contribution in [0.4, 0.5) is 20.7 Å². The molecule has 1 fully saturated rings. The molecule has 35 heavy (non-hydrogen) atoms. The average Bonchev–Trinajstić information content (AvgIpc) is 2.85. The quantitative estimate of drug-likeness (QED) is 0.348. The predicted molar refractivity (Wildman–Crippen MR) is 136 cm³/mol. The number of nitrogens with zero attached hydrogens (tertiary/aromatic N) is 3. The number of hydrogen-bond donors (Lipinski definition) is 3. The standard InChI is InChI=1S/C26H27FN6O2/c1-18(30-26(34)31-21-8-6-20(27)7-9-21)4-3-5-19(2)35-22-10-11-23-24(16-22)32-25(17-29-23)33-14-12-28-13-15-33/h3-11,16-17,28H,2,12-15H2,1H3,(H2,30,31,34)/b5-3-,18-4+. The lowest BCUT2D eigenvalue weighted by Gasteiger charge is -2.28. The number of benzene rings is 2. The summed E-state index contributed by atoms with van der Waals surface area (Å²) < 4.78 is 18.8. The number of hydrogen-bond acceptors (Lipinski definition) is 6. The third-order valence-corrected chi connectivity index (χ3v) is 5.23. The van der Waals surface area contributed by atoms with Gasteiger partial charge in [0.05, 0.1) is 17.2 Å². The van der Waals surface area contributed by atoms with Crippen LogP contribution in [0.15, 0.2) is 84.9 Å². The number of urea groups is 1. The van der Waals surface area contributed by atoms with E-state index >= 15 is 0 Å². The Kier molecular flexibility index (Phi) is 7.69. The normalized spacial score (nSPS) is 14.2. The van der Waals surface area contributed by atoms with Gasteiger partial charge in [-0.1, -0.05) is 12.7 Å². The number of carbonyl (C=O) groups excluding carboxylic acids is 1. The van der Waals surface area contributed by atoms with Gasteiger partial charge in [-0.3, -0.25) is 4.98 Å². The summed E-state index contributed by atoms with van der Waals surface area (Å²) in [5.74, 6) is 1.52. The van der Waals surface area contributed by atoms with E-state index in [1.165, 1.54) is 24.3 Å². The molecule has 0 aliphatic carbocycles. The minimum atomic E-state index is -0.425. The van der Waals surface area contributed by atoms with Crippen LogP contribution in [0.25, 0.3) is 11.0 Å². The van der Waals surface area contributed by atoms with Crippen LogP contribution in [-0.4, -0.2) is 42.2 Å². The number of ether oxygens (including phenoxy) is 1. The molecule has 8 nitrogen and oxygen atoms in total. The highest BCUT2D eigenvalue weighted by molar-refractivity contribution is 5.90. The van der Waals surface area contributed by atoms with Crippen molar-refractivity contribution in [1.82, 2.24) is 20.6 Å². The number of allylic oxidation sites excluding steroid dienone is 4. The summed E-state index contributed by atoms with van der Waals surface area (Å²) in [6, 6.07) is 10.6. The maximum Gasteiger partial charge on any atom is 0.323 e. The summed E-state index contributed by atoms with van der Waals surface area (Å²) in [5, 5.41) is 8.65. The van der Waals surface area contributed by atoms with Gasteiger partial charge in [0, 0.05) is 43.6 Å². The van der Waals surface area contributed by atoms with E-state index in [0.717, 1.165) is 43.0 Å². The van der Waals surface area contributed by atoms with Crippen molar-refractivity contribution >= 4 is 28.6 Å². The molecule has 3 N–H and O–H groups in total. The molecule has 1 saturated heterocycles. The molecule has 1 aliphatic rings. The van der Waals surface area contributed by atoms with E-state index in [-0.39, 0.29) is 5.82 Å². The van der Waals surface area contributed by atoms with Crippen LogP contribution in [0.2, 0.25) is 0 Å². The third kappa shape index (κ3) is 6.87. The van der Waals surface area contributed by atoms with Crippen LogP contribution in [0.1, 0.15) is 6.92 Å². The molecule has 2 amide bonds. The zero-order valence-electron chi connectivity index (χ0n) is 19.4. The zero-order chi connectivity index (χ0) is 24.6. The molecule has 0 bridgehead atoms.